The fourth-order valence-electron chi connectivity index (χ4n) is 1.71. The number of aryl methyl sites for hydroxylation is 2. The maximum atomic E-state index is 5.52. The van der Waals surface area contributed by atoms with Gasteiger partial charge in [0.25, 0.3) is 0 Å². The summed E-state index contributed by atoms with van der Waals surface area (Å²) in [5.41, 5.74) is 5.52. The highest BCUT2D eigenvalue weighted by atomic mass is 16.5. The second kappa shape index (κ2) is 7.43. The normalized spacial score (nSPS) is 13.2. The summed E-state index contributed by atoms with van der Waals surface area (Å²) in [6, 6.07) is 0. The first-order valence-electron chi connectivity index (χ1n) is 6.63. The van der Waals surface area contributed by atoms with Crippen LogP contribution in [0.15, 0.2) is 4.52 Å². The zero-order valence-electron chi connectivity index (χ0n) is 11.3. The quantitative estimate of drug-likeness (QED) is 0.757. The van der Waals surface area contributed by atoms with Crippen LogP contribution in [-0.2, 0) is 12.8 Å². The second-order valence-corrected chi connectivity index (χ2v) is 5.26. The van der Waals surface area contributed by atoms with E-state index in [4.69, 9.17) is 10.3 Å². The monoisotopic (exact) mass is 239 g/mol. The minimum Gasteiger partial charge on any atom is -0.339 e. The fourth-order valence-corrected chi connectivity index (χ4v) is 1.71. The van der Waals surface area contributed by atoms with Crippen molar-refractivity contribution >= 4 is 0 Å². The third-order valence-corrected chi connectivity index (χ3v) is 2.97. The van der Waals surface area contributed by atoms with Gasteiger partial charge in [-0.1, -0.05) is 25.9 Å². The molecule has 0 bridgehead atoms. The molecular formula is C13H25N3O. The Morgan fingerprint density at radius 3 is 2.53 bits per heavy atom. The van der Waals surface area contributed by atoms with Crippen molar-refractivity contribution < 1.29 is 4.52 Å². The lowest BCUT2D eigenvalue weighted by atomic mass is 10.0. The van der Waals surface area contributed by atoms with Crippen LogP contribution in [0.1, 0.15) is 51.7 Å². The van der Waals surface area contributed by atoms with Crippen molar-refractivity contribution in [3.05, 3.63) is 11.7 Å². The molecule has 98 valence electrons. The highest BCUT2D eigenvalue weighted by Crippen LogP contribution is 2.12. The Balaban J connectivity index is 2.30. The maximum Gasteiger partial charge on any atom is 0.226 e. The van der Waals surface area contributed by atoms with E-state index in [0.29, 0.717) is 11.8 Å². The number of rotatable bonds is 8. The van der Waals surface area contributed by atoms with Crippen molar-refractivity contribution in [2.75, 3.05) is 6.54 Å². The van der Waals surface area contributed by atoms with Crippen molar-refractivity contribution in [1.29, 1.82) is 0 Å². The Morgan fingerprint density at radius 2 is 1.88 bits per heavy atom. The molecule has 1 atom stereocenters. The third kappa shape index (κ3) is 5.82. The van der Waals surface area contributed by atoms with Gasteiger partial charge >= 0.3 is 0 Å². The summed E-state index contributed by atoms with van der Waals surface area (Å²) in [6.07, 6.45) is 5.04. The largest absolute Gasteiger partial charge is 0.339 e. The van der Waals surface area contributed by atoms with E-state index in [-0.39, 0.29) is 0 Å². The first kappa shape index (κ1) is 14.2. The third-order valence-electron chi connectivity index (χ3n) is 2.97. The van der Waals surface area contributed by atoms with E-state index in [2.05, 4.69) is 30.9 Å². The summed E-state index contributed by atoms with van der Waals surface area (Å²) in [5, 5.41) is 4.00. The van der Waals surface area contributed by atoms with Gasteiger partial charge < -0.3 is 10.3 Å². The molecule has 0 aliphatic heterocycles. The standard InChI is InChI=1S/C13H25N3O/c1-10(2)4-6-12-15-13(17-16-12)7-5-11(3)8-9-14/h10-11H,4-9,14H2,1-3H3. The van der Waals surface area contributed by atoms with Crippen LogP contribution >= 0.6 is 0 Å². The SMILES string of the molecule is CC(C)CCc1noc(CCC(C)CCN)n1. The molecule has 1 aromatic rings. The summed E-state index contributed by atoms with van der Waals surface area (Å²) in [6.45, 7) is 7.37. The molecule has 1 rings (SSSR count). The van der Waals surface area contributed by atoms with Crippen LogP contribution < -0.4 is 5.73 Å². The maximum absolute atomic E-state index is 5.52. The van der Waals surface area contributed by atoms with E-state index in [1.165, 1.54) is 0 Å². The molecule has 17 heavy (non-hydrogen) atoms. The molecule has 1 heterocycles. The van der Waals surface area contributed by atoms with Gasteiger partial charge in [-0.2, -0.15) is 4.98 Å². The molecule has 4 heteroatoms. The van der Waals surface area contributed by atoms with E-state index >= 15 is 0 Å². The van der Waals surface area contributed by atoms with Crippen LogP contribution in [0.25, 0.3) is 0 Å². The molecule has 0 saturated heterocycles. The number of nitrogens with two attached hydrogens (primary N) is 1. The van der Waals surface area contributed by atoms with E-state index in [0.717, 1.165) is 50.4 Å². The van der Waals surface area contributed by atoms with Crippen LogP contribution in [0.2, 0.25) is 0 Å². The fraction of sp³-hybridized carbons (Fsp3) is 0.846. The van der Waals surface area contributed by atoms with Crippen molar-refractivity contribution in [2.24, 2.45) is 17.6 Å². The van der Waals surface area contributed by atoms with Crippen molar-refractivity contribution in [3.63, 3.8) is 0 Å². The van der Waals surface area contributed by atoms with Crippen LogP contribution in [0.4, 0.5) is 0 Å². The molecule has 0 saturated carbocycles. The summed E-state index contributed by atoms with van der Waals surface area (Å²) in [5.74, 6) is 2.93. The van der Waals surface area contributed by atoms with Gasteiger partial charge in [0.15, 0.2) is 5.82 Å². The Hall–Kier alpha value is -0.900. The van der Waals surface area contributed by atoms with Gasteiger partial charge in [0, 0.05) is 12.8 Å². The summed E-state index contributed by atoms with van der Waals surface area (Å²) < 4.78 is 5.23. The predicted octanol–water partition coefficient (Wildman–Crippen LogP) is 2.58. The van der Waals surface area contributed by atoms with Crippen LogP contribution in [0.5, 0.6) is 0 Å². The van der Waals surface area contributed by atoms with Gasteiger partial charge in [0.1, 0.15) is 0 Å². The molecule has 0 aromatic carbocycles. The lowest BCUT2D eigenvalue weighted by molar-refractivity contribution is 0.357. The van der Waals surface area contributed by atoms with Gasteiger partial charge in [-0.25, -0.2) is 0 Å². The predicted molar refractivity (Wildman–Crippen MR) is 68.6 cm³/mol. The highest BCUT2D eigenvalue weighted by molar-refractivity contribution is 4.87. The molecule has 2 N–H and O–H groups in total. The summed E-state index contributed by atoms with van der Waals surface area (Å²) in [7, 11) is 0. The van der Waals surface area contributed by atoms with Crippen LogP contribution in [0, 0.1) is 11.8 Å². The highest BCUT2D eigenvalue weighted by Gasteiger charge is 2.09. The Kier molecular flexibility index (Phi) is 6.19. The van der Waals surface area contributed by atoms with Gasteiger partial charge in [-0.15, -0.1) is 0 Å². The van der Waals surface area contributed by atoms with Gasteiger partial charge in [0.2, 0.25) is 5.89 Å². The minimum atomic E-state index is 0.631. The minimum absolute atomic E-state index is 0.631. The first-order chi connectivity index (χ1) is 8.11. The van der Waals surface area contributed by atoms with Crippen molar-refractivity contribution in [1.82, 2.24) is 10.1 Å². The zero-order chi connectivity index (χ0) is 12.7. The molecule has 0 radical (unpaired) electrons. The Morgan fingerprint density at radius 1 is 1.12 bits per heavy atom. The number of nitrogens with zero attached hydrogens (tertiary/aromatic N) is 2. The molecule has 0 aliphatic carbocycles. The van der Waals surface area contributed by atoms with E-state index in [1.807, 2.05) is 0 Å². The lowest BCUT2D eigenvalue weighted by Gasteiger charge is -2.06. The van der Waals surface area contributed by atoms with Crippen molar-refractivity contribution in [2.45, 2.75) is 52.9 Å². The first-order valence-corrected chi connectivity index (χ1v) is 6.63. The second-order valence-electron chi connectivity index (χ2n) is 5.26. The average Bonchev–Trinajstić information content (AvgIpc) is 2.72. The smallest absolute Gasteiger partial charge is 0.226 e. The molecule has 0 spiro atoms. The molecular weight excluding hydrogens is 214 g/mol. The molecule has 4 nitrogen and oxygen atoms in total. The lowest BCUT2D eigenvalue weighted by Crippen LogP contribution is -2.06. The molecule has 0 amide bonds. The van der Waals surface area contributed by atoms with E-state index in [1.54, 1.807) is 0 Å². The Labute approximate surface area is 104 Å². The van der Waals surface area contributed by atoms with E-state index in [9.17, 15) is 0 Å². The molecule has 0 aliphatic rings. The number of hydrogen-bond acceptors (Lipinski definition) is 4. The van der Waals surface area contributed by atoms with Gasteiger partial charge in [-0.05, 0) is 37.6 Å². The summed E-state index contributed by atoms with van der Waals surface area (Å²) >= 11 is 0. The average molecular weight is 239 g/mol. The molecule has 1 aromatic heterocycles. The molecule has 1 unspecified atom stereocenters. The molecule has 0 fully saturated rings. The topological polar surface area (TPSA) is 64.9 Å². The number of aromatic nitrogens is 2. The Bertz CT molecular complexity index is 309. The van der Waals surface area contributed by atoms with Crippen molar-refractivity contribution in [3.8, 4) is 0 Å². The number of hydrogen-bond donors (Lipinski definition) is 1. The van der Waals surface area contributed by atoms with Gasteiger partial charge in [-0.3, -0.25) is 0 Å². The van der Waals surface area contributed by atoms with E-state index < -0.39 is 0 Å². The summed E-state index contributed by atoms with van der Waals surface area (Å²) in [4.78, 5) is 4.41. The van der Waals surface area contributed by atoms with Crippen LogP contribution in [-0.4, -0.2) is 16.7 Å². The van der Waals surface area contributed by atoms with Crippen LogP contribution in [0.3, 0.4) is 0 Å². The zero-order valence-corrected chi connectivity index (χ0v) is 11.3. The van der Waals surface area contributed by atoms with Gasteiger partial charge in [0.05, 0.1) is 0 Å².